The Morgan fingerprint density at radius 1 is 0.972 bits per heavy atom. The Morgan fingerprint density at radius 3 is 2.33 bits per heavy atom. The van der Waals surface area contributed by atoms with Gasteiger partial charge in [0.25, 0.3) is 5.56 Å². The van der Waals surface area contributed by atoms with Crippen molar-refractivity contribution in [3.05, 3.63) is 102 Å². The number of hydrogen-bond acceptors (Lipinski definition) is 4. The molecule has 2 aromatic heterocycles. The molecule has 184 valence electrons. The number of fused-ring (bicyclic) bond motifs is 1. The highest BCUT2D eigenvalue weighted by atomic mass is 79.9. The predicted octanol–water partition coefficient (Wildman–Crippen LogP) is 6.60. The summed E-state index contributed by atoms with van der Waals surface area (Å²) in [7, 11) is 0. The Bertz CT molecular complexity index is 1450. The van der Waals surface area contributed by atoms with Gasteiger partial charge in [-0.05, 0) is 42.0 Å². The highest BCUT2D eigenvalue weighted by molar-refractivity contribution is 9.11. The maximum absolute atomic E-state index is 12.8. The van der Waals surface area contributed by atoms with E-state index in [9.17, 15) is 18.0 Å². The minimum absolute atomic E-state index is 0.270. The van der Waals surface area contributed by atoms with Gasteiger partial charge >= 0.3 is 6.18 Å². The van der Waals surface area contributed by atoms with Gasteiger partial charge in [0.1, 0.15) is 5.82 Å². The number of nitrogens with zero attached hydrogens (tertiary/aromatic N) is 3. The lowest BCUT2D eigenvalue weighted by Crippen LogP contribution is -2.35. The molecule has 0 saturated heterocycles. The van der Waals surface area contributed by atoms with Crippen LogP contribution in [0.25, 0.3) is 22.6 Å². The molecular weight excluding hydrogens is 601 g/mol. The predicted molar refractivity (Wildman–Crippen MR) is 138 cm³/mol. The van der Waals surface area contributed by atoms with Crippen molar-refractivity contribution in [2.45, 2.75) is 25.7 Å². The first-order valence-corrected chi connectivity index (χ1v) is 12.7. The zero-order chi connectivity index (χ0) is 25.4. The molecular formula is C26H19Br2F3N4O. The molecule has 0 bridgehead atoms. The molecule has 5 rings (SSSR count). The Kier molecular flexibility index (Phi) is 6.84. The molecule has 0 spiro atoms. The van der Waals surface area contributed by atoms with Gasteiger partial charge in [-0.3, -0.25) is 14.7 Å². The van der Waals surface area contributed by atoms with Crippen LogP contribution >= 0.6 is 31.9 Å². The molecule has 0 saturated carbocycles. The number of H-pyrrole nitrogens is 1. The Hall–Kier alpha value is -2.82. The van der Waals surface area contributed by atoms with Crippen molar-refractivity contribution in [1.29, 1.82) is 0 Å². The van der Waals surface area contributed by atoms with Gasteiger partial charge in [0.2, 0.25) is 0 Å². The zero-order valence-electron chi connectivity index (χ0n) is 18.7. The summed E-state index contributed by atoms with van der Waals surface area (Å²) >= 11 is 7.00. The molecule has 2 aromatic carbocycles. The number of halogens is 5. The number of alkyl halides is 3. The van der Waals surface area contributed by atoms with Gasteiger partial charge in [0, 0.05) is 52.3 Å². The van der Waals surface area contributed by atoms with Crippen LogP contribution in [-0.4, -0.2) is 26.4 Å². The maximum atomic E-state index is 12.8. The van der Waals surface area contributed by atoms with E-state index >= 15 is 0 Å². The van der Waals surface area contributed by atoms with Gasteiger partial charge in [0.05, 0.1) is 22.5 Å². The topological polar surface area (TPSA) is 61.9 Å². The van der Waals surface area contributed by atoms with Crippen LogP contribution in [0, 0.1) is 0 Å². The third kappa shape index (κ3) is 5.45. The third-order valence-electron chi connectivity index (χ3n) is 6.02. The van der Waals surface area contributed by atoms with Crippen molar-refractivity contribution in [1.82, 2.24) is 19.9 Å². The van der Waals surface area contributed by atoms with Crippen LogP contribution in [0.2, 0.25) is 0 Å². The molecule has 4 aromatic rings. The lowest BCUT2D eigenvalue weighted by atomic mass is 10.0. The van der Waals surface area contributed by atoms with Crippen LogP contribution in [0.4, 0.5) is 13.2 Å². The van der Waals surface area contributed by atoms with Crippen molar-refractivity contribution in [3.8, 4) is 22.6 Å². The number of rotatable bonds is 4. The molecule has 1 N–H and O–H groups in total. The molecule has 10 heteroatoms. The standard InChI is InChI=1S/C26H19Br2F3N4O/c27-19-9-17(10-20(28)11-19)22-6-1-15(12-32-22)13-35-8-7-23-21(14-35)25(36)34-24(33-23)16-2-4-18(5-3-16)26(29,30)31/h1-6,9-12H,7-8,13-14H2,(H,33,34,36). The van der Waals surface area contributed by atoms with E-state index < -0.39 is 11.7 Å². The average Bonchev–Trinajstić information content (AvgIpc) is 2.84. The first-order chi connectivity index (χ1) is 17.2. The summed E-state index contributed by atoms with van der Waals surface area (Å²) in [5, 5.41) is 0. The lowest BCUT2D eigenvalue weighted by Gasteiger charge is -2.27. The van der Waals surface area contributed by atoms with E-state index in [-0.39, 0.29) is 11.4 Å². The van der Waals surface area contributed by atoms with Crippen molar-refractivity contribution in [2.24, 2.45) is 0 Å². The Morgan fingerprint density at radius 2 is 1.69 bits per heavy atom. The van der Waals surface area contributed by atoms with Crippen molar-refractivity contribution >= 4 is 31.9 Å². The van der Waals surface area contributed by atoms with E-state index in [1.807, 2.05) is 36.5 Å². The summed E-state index contributed by atoms with van der Waals surface area (Å²) in [5.41, 5.74) is 3.58. The van der Waals surface area contributed by atoms with E-state index in [0.717, 1.165) is 37.9 Å². The summed E-state index contributed by atoms with van der Waals surface area (Å²) in [6, 6.07) is 14.6. The van der Waals surface area contributed by atoms with Crippen LogP contribution in [0.1, 0.15) is 22.4 Å². The fourth-order valence-electron chi connectivity index (χ4n) is 4.22. The number of benzene rings is 2. The molecule has 0 unspecified atom stereocenters. The molecule has 0 atom stereocenters. The largest absolute Gasteiger partial charge is 0.416 e. The Balaban J connectivity index is 1.30. The average molecular weight is 620 g/mol. The minimum Gasteiger partial charge on any atom is -0.306 e. The second kappa shape index (κ2) is 9.91. The fourth-order valence-corrected chi connectivity index (χ4v) is 5.51. The van der Waals surface area contributed by atoms with E-state index in [2.05, 4.69) is 51.7 Å². The molecule has 5 nitrogen and oxygen atoms in total. The normalized spacial score (nSPS) is 14.0. The van der Waals surface area contributed by atoms with E-state index in [4.69, 9.17) is 0 Å². The lowest BCUT2D eigenvalue weighted by molar-refractivity contribution is -0.137. The quantitative estimate of drug-likeness (QED) is 0.280. The first kappa shape index (κ1) is 24.9. The third-order valence-corrected chi connectivity index (χ3v) is 6.94. The van der Waals surface area contributed by atoms with E-state index in [0.29, 0.717) is 42.9 Å². The number of nitrogens with one attached hydrogen (secondary N) is 1. The monoisotopic (exact) mass is 618 g/mol. The van der Waals surface area contributed by atoms with Gasteiger partial charge in [-0.1, -0.05) is 50.1 Å². The van der Waals surface area contributed by atoms with Crippen LogP contribution in [0.15, 0.2) is 74.5 Å². The summed E-state index contributed by atoms with van der Waals surface area (Å²) in [4.78, 5) is 26.9. The van der Waals surface area contributed by atoms with Gasteiger partial charge < -0.3 is 4.98 Å². The molecule has 1 aliphatic rings. The summed E-state index contributed by atoms with van der Waals surface area (Å²) < 4.78 is 40.5. The molecule has 0 fully saturated rings. The van der Waals surface area contributed by atoms with E-state index in [1.54, 1.807) is 0 Å². The smallest absolute Gasteiger partial charge is 0.306 e. The minimum atomic E-state index is -4.41. The van der Waals surface area contributed by atoms with E-state index in [1.165, 1.54) is 12.1 Å². The molecule has 0 aliphatic carbocycles. The highest BCUT2D eigenvalue weighted by Crippen LogP contribution is 2.31. The SMILES string of the molecule is O=c1[nH]c(-c2ccc(C(F)(F)F)cc2)nc2c1CN(Cc1ccc(-c3cc(Br)cc(Br)c3)nc1)CC2. The molecule has 3 heterocycles. The number of aromatic nitrogens is 3. The second-order valence-electron chi connectivity index (χ2n) is 8.59. The summed E-state index contributed by atoms with van der Waals surface area (Å²) in [6.07, 6.45) is -2.00. The number of aromatic amines is 1. The maximum Gasteiger partial charge on any atom is 0.416 e. The van der Waals surface area contributed by atoms with Crippen LogP contribution < -0.4 is 5.56 Å². The molecule has 0 radical (unpaired) electrons. The molecule has 36 heavy (non-hydrogen) atoms. The molecule has 0 amide bonds. The van der Waals surface area contributed by atoms with Crippen LogP contribution in [-0.2, 0) is 25.7 Å². The number of pyridine rings is 1. The van der Waals surface area contributed by atoms with Gasteiger partial charge in [-0.15, -0.1) is 0 Å². The van der Waals surface area contributed by atoms with Crippen molar-refractivity contribution in [3.63, 3.8) is 0 Å². The zero-order valence-corrected chi connectivity index (χ0v) is 21.9. The van der Waals surface area contributed by atoms with Gasteiger partial charge in [0.15, 0.2) is 0 Å². The van der Waals surface area contributed by atoms with Crippen molar-refractivity contribution in [2.75, 3.05) is 6.54 Å². The van der Waals surface area contributed by atoms with Crippen LogP contribution in [0.3, 0.4) is 0 Å². The second-order valence-corrected chi connectivity index (χ2v) is 10.4. The fraction of sp³-hybridized carbons (Fsp3) is 0.192. The summed E-state index contributed by atoms with van der Waals surface area (Å²) in [5.74, 6) is 0.278. The van der Waals surface area contributed by atoms with Gasteiger partial charge in [-0.2, -0.15) is 13.2 Å². The van der Waals surface area contributed by atoms with Crippen molar-refractivity contribution < 1.29 is 13.2 Å². The first-order valence-electron chi connectivity index (χ1n) is 11.1. The van der Waals surface area contributed by atoms with Crippen LogP contribution in [0.5, 0.6) is 0 Å². The molecule has 1 aliphatic heterocycles. The number of hydrogen-bond donors (Lipinski definition) is 1. The highest BCUT2D eigenvalue weighted by Gasteiger charge is 2.30. The summed E-state index contributed by atoms with van der Waals surface area (Å²) in [6.45, 7) is 1.77. The Labute approximate surface area is 221 Å². The van der Waals surface area contributed by atoms with Gasteiger partial charge in [-0.25, -0.2) is 4.98 Å².